The second-order valence-electron chi connectivity index (χ2n) is 9.45. The number of hydrogen-bond acceptors (Lipinski definition) is 3. The Labute approximate surface area is 148 Å². The fraction of sp³-hybridized carbons (Fsp3) is 0.895. The molecule has 5 rings (SSSR count). The van der Waals surface area contributed by atoms with E-state index in [1.54, 1.807) is 0 Å². The van der Waals surface area contributed by atoms with E-state index in [0.29, 0.717) is 38.3 Å². The largest absolute Gasteiger partial charge is 0.481 e. The lowest BCUT2D eigenvalue weighted by Gasteiger charge is -2.58. The van der Waals surface area contributed by atoms with Gasteiger partial charge in [0, 0.05) is 19.1 Å². The molecule has 0 radical (unpaired) electrons. The minimum Gasteiger partial charge on any atom is -0.481 e. The van der Waals surface area contributed by atoms with Gasteiger partial charge < -0.3 is 10.4 Å². The Kier molecular flexibility index (Phi) is 3.91. The van der Waals surface area contributed by atoms with Crippen molar-refractivity contribution in [3.05, 3.63) is 0 Å². The molecule has 3 unspecified atom stereocenters. The van der Waals surface area contributed by atoms with Crippen molar-refractivity contribution in [2.24, 2.45) is 23.2 Å². The number of nitrogens with one attached hydrogen (secondary N) is 1. The molecule has 0 aromatic rings. The van der Waals surface area contributed by atoms with E-state index in [-0.39, 0.29) is 23.8 Å². The first-order valence-corrected chi connectivity index (χ1v) is 9.65. The van der Waals surface area contributed by atoms with Crippen LogP contribution in [-0.4, -0.2) is 52.7 Å². The van der Waals surface area contributed by atoms with Gasteiger partial charge in [0.2, 0.25) is 5.91 Å². The lowest BCUT2D eigenvalue weighted by Crippen LogP contribution is -2.64. The summed E-state index contributed by atoms with van der Waals surface area (Å²) in [6, 6.07) is 0.0829. The first-order chi connectivity index (χ1) is 11.7. The molecule has 0 aromatic carbocycles. The van der Waals surface area contributed by atoms with Gasteiger partial charge in [-0.25, -0.2) is 4.39 Å². The predicted molar refractivity (Wildman–Crippen MR) is 90.7 cm³/mol. The van der Waals surface area contributed by atoms with Gasteiger partial charge in [0.15, 0.2) is 0 Å². The van der Waals surface area contributed by atoms with Crippen LogP contribution >= 0.6 is 0 Å². The summed E-state index contributed by atoms with van der Waals surface area (Å²) in [7, 11) is 0. The minimum atomic E-state index is -0.844. The van der Waals surface area contributed by atoms with E-state index in [1.807, 2.05) is 18.7 Å². The Morgan fingerprint density at radius 2 is 1.84 bits per heavy atom. The summed E-state index contributed by atoms with van der Waals surface area (Å²) in [5.74, 6) is 0.358. The molecule has 1 amide bonds. The molecule has 140 valence electrons. The average Bonchev–Trinajstić information content (AvgIpc) is 2.97. The van der Waals surface area contributed by atoms with Gasteiger partial charge in [0.05, 0.1) is 11.0 Å². The summed E-state index contributed by atoms with van der Waals surface area (Å²) < 4.78 is 13.6. The zero-order valence-electron chi connectivity index (χ0n) is 15.1. The van der Waals surface area contributed by atoms with Gasteiger partial charge in [0.1, 0.15) is 6.17 Å². The number of carboxylic acid groups (broad SMARTS) is 1. The van der Waals surface area contributed by atoms with Crippen LogP contribution in [0.2, 0.25) is 0 Å². The van der Waals surface area contributed by atoms with E-state index in [4.69, 9.17) is 0 Å². The average molecular weight is 352 g/mol. The van der Waals surface area contributed by atoms with Crippen LogP contribution in [0.5, 0.6) is 0 Å². The zero-order valence-corrected chi connectivity index (χ0v) is 15.1. The standard InChI is InChI=1S/C19H29FN2O3/c1-18(2,22-4-3-14(20)10-22)16(23)21-15-12-5-11-6-13(15)9-19(7-11,8-12)17(24)25/h11-15H,3-10H2,1-2H3,(H,21,23)(H,24,25). The molecule has 0 aromatic heterocycles. The highest BCUT2D eigenvalue weighted by Gasteiger charge is 2.59. The second kappa shape index (κ2) is 5.66. The molecular weight excluding hydrogens is 323 g/mol. The number of rotatable bonds is 4. The van der Waals surface area contributed by atoms with Crippen LogP contribution in [0.15, 0.2) is 0 Å². The van der Waals surface area contributed by atoms with Gasteiger partial charge in [-0.1, -0.05) is 0 Å². The highest BCUT2D eigenvalue weighted by atomic mass is 19.1. The molecule has 5 aliphatic rings. The third-order valence-corrected chi connectivity index (χ3v) is 7.50. The fourth-order valence-electron chi connectivity index (χ4n) is 6.22. The maximum absolute atomic E-state index is 13.6. The lowest BCUT2D eigenvalue weighted by molar-refractivity contribution is -0.168. The predicted octanol–water partition coefficient (Wildman–Crippen LogP) is 2.20. The van der Waals surface area contributed by atoms with Crippen LogP contribution in [0.4, 0.5) is 4.39 Å². The van der Waals surface area contributed by atoms with Crippen LogP contribution in [0.3, 0.4) is 0 Å². The van der Waals surface area contributed by atoms with Crippen LogP contribution in [-0.2, 0) is 9.59 Å². The molecule has 4 bridgehead atoms. The number of hydrogen-bond donors (Lipinski definition) is 2. The van der Waals surface area contributed by atoms with Crippen molar-refractivity contribution in [2.45, 2.75) is 70.1 Å². The van der Waals surface area contributed by atoms with Crippen molar-refractivity contribution in [1.82, 2.24) is 10.2 Å². The molecule has 0 spiro atoms. The van der Waals surface area contributed by atoms with E-state index in [1.165, 1.54) is 0 Å². The van der Waals surface area contributed by atoms with Crippen LogP contribution in [0, 0.1) is 23.2 Å². The fourth-order valence-corrected chi connectivity index (χ4v) is 6.22. The molecule has 5 nitrogen and oxygen atoms in total. The van der Waals surface area contributed by atoms with Crippen LogP contribution in [0.1, 0.15) is 52.4 Å². The Balaban J connectivity index is 1.47. The third kappa shape index (κ3) is 2.68. The Bertz CT molecular complexity index is 577. The van der Waals surface area contributed by atoms with Gasteiger partial charge in [0.25, 0.3) is 0 Å². The molecule has 6 heteroatoms. The Morgan fingerprint density at radius 3 is 2.36 bits per heavy atom. The summed E-state index contributed by atoms with van der Waals surface area (Å²) in [5.41, 5.74) is -1.27. The summed E-state index contributed by atoms with van der Waals surface area (Å²) in [4.78, 5) is 26.7. The van der Waals surface area contributed by atoms with E-state index < -0.39 is 23.1 Å². The molecule has 2 N–H and O–H groups in total. The smallest absolute Gasteiger partial charge is 0.309 e. The van der Waals surface area contributed by atoms with Crippen molar-refractivity contribution in [3.63, 3.8) is 0 Å². The zero-order chi connectivity index (χ0) is 18.0. The second-order valence-corrected chi connectivity index (χ2v) is 9.45. The quantitative estimate of drug-likeness (QED) is 0.814. The maximum Gasteiger partial charge on any atom is 0.309 e. The number of carboxylic acids is 1. The minimum absolute atomic E-state index is 0.0385. The molecule has 1 heterocycles. The molecule has 1 saturated heterocycles. The van der Waals surface area contributed by atoms with Crippen molar-refractivity contribution < 1.29 is 19.1 Å². The summed E-state index contributed by atoms with van der Waals surface area (Å²) in [6.07, 6.45) is 3.92. The lowest BCUT2D eigenvalue weighted by atomic mass is 9.48. The van der Waals surface area contributed by atoms with Gasteiger partial charge in [-0.05, 0) is 70.1 Å². The number of likely N-dealkylation sites (tertiary alicyclic amines) is 1. The van der Waals surface area contributed by atoms with Gasteiger partial charge in [-0.15, -0.1) is 0 Å². The first kappa shape index (κ1) is 17.3. The molecule has 3 atom stereocenters. The normalized spacial score (nSPS) is 43.4. The maximum atomic E-state index is 13.6. The van der Waals surface area contributed by atoms with Gasteiger partial charge in [-0.2, -0.15) is 0 Å². The number of amides is 1. The van der Waals surface area contributed by atoms with E-state index >= 15 is 0 Å². The molecule has 4 aliphatic carbocycles. The van der Waals surface area contributed by atoms with Crippen molar-refractivity contribution in [3.8, 4) is 0 Å². The third-order valence-electron chi connectivity index (χ3n) is 7.50. The van der Waals surface area contributed by atoms with Crippen molar-refractivity contribution in [1.29, 1.82) is 0 Å². The molecule has 25 heavy (non-hydrogen) atoms. The van der Waals surface area contributed by atoms with E-state index in [0.717, 1.165) is 19.3 Å². The van der Waals surface area contributed by atoms with Crippen LogP contribution in [0.25, 0.3) is 0 Å². The summed E-state index contributed by atoms with van der Waals surface area (Å²) >= 11 is 0. The molecule has 4 saturated carbocycles. The Morgan fingerprint density at radius 1 is 1.20 bits per heavy atom. The monoisotopic (exact) mass is 352 g/mol. The number of halogens is 1. The van der Waals surface area contributed by atoms with Crippen LogP contribution < -0.4 is 5.32 Å². The van der Waals surface area contributed by atoms with Crippen molar-refractivity contribution >= 4 is 11.9 Å². The van der Waals surface area contributed by atoms with E-state index in [2.05, 4.69) is 5.32 Å². The molecule has 5 fully saturated rings. The highest BCUT2D eigenvalue weighted by molar-refractivity contribution is 5.86. The number of aliphatic carboxylic acids is 1. The molecule has 1 aliphatic heterocycles. The number of carbonyl (C=O) groups is 2. The SMILES string of the molecule is CC(C)(C(=O)NC1C2CC3CC1CC(C(=O)O)(C3)C2)N1CCC(F)C1. The summed E-state index contributed by atoms with van der Waals surface area (Å²) in [5, 5.41) is 13.0. The molecular formula is C19H29FN2O3. The summed E-state index contributed by atoms with van der Waals surface area (Å²) in [6.45, 7) is 4.68. The van der Waals surface area contributed by atoms with E-state index in [9.17, 15) is 19.1 Å². The number of carbonyl (C=O) groups excluding carboxylic acids is 1. The first-order valence-electron chi connectivity index (χ1n) is 9.65. The highest BCUT2D eigenvalue weighted by Crippen LogP contribution is 2.60. The number of nitrogens with zero attached hydrogens (tertiary/aromatic N) is 1. The Hall–Kier alpha value is -1.17. The van der Waals surface area contributed by atoms with Gasteiger partial charge in [-0.3, -0.25) is 14.5 Å². The van der Waals surface area contributed by atoms with Gasteiger partial charge >= 0.3 is 5.97 Å². The van der Waals surface area contributed by atoms with Crippen molar-refractivity contribution in [2.75, 3.05) is 13.1 Å². The topological polar surface area (TPSA) is 69.6 Å². The number of alkyl halides is 1.